The second-order valence-electron chi connectivity index (χ2n) is 11.0. The van der Waals surface area contributed by atoms with E-state index in [-0.39, 0.29) is 17.9 Å². The Hall–Kier alpha value is -2.13. The Bertz CT molecular complexity index is 1010. The van der Waals surface area contributed by atoms with Crippen molar-refractivity contribution in [2.75, 3.05) is 30.6 Å². The lowest BCUT2D eigenvalue weighted by atomic mass is 9.79. The van der Waals surface area contributed by atoms with Crippen LogP contribution < -0.4 is 10.0 Å². The molecule has 0 bridgehead atoms. The van der Waals surface area contributed by atoms with Crippen molar-refractivity contribution < 1.29 is 18.0 Å². The van der Waals surface area contributed by atoms with Crippen LogP contribution in [0.15, 0.2) is 24.3 Å². The Morgan fingerprint density at radius 2 is 1.72 bits per heavy atom. The van der Waals surface area contributed by atoms with Gasteiger partial charge in [-0.25, -0.2) is 8.42 Å². The summed E-state index contributed by atoms with van der Waals surface area (Å²) in [5, 5.41) is 3.17. The number of carbonyl (C=O) groups excluding carboxylic acids is 2. The van der Waals surface area contributed by atoms with Crippen molar-refractivity contribution >= 4 is 27.5 Å². The van der Waals surface area contributed by atoms with Crippen LogP contribution in [0.3, 0.4) is 0 Å². The number of anilines is 1. The fourth-order valence-electron chi connectivity index (χ4n) is 6.16. The van der Waals surface area contributed by atoms with Gasteiger partial charge in [-0.05, 0) is 49.3 Å². The summed E-state index contributed by atoms with van der Waals surface area (Å²) >= 11 is 0. The predicted octanol–water partition coefficient (Wildman–Crippen LogP) is 3.49. The summed E-state index contributed by atoms with van der Waals surface area (Å²) in [6, 6.07) is 7.03. The van der Waals surface area contributed by atoms with E-state index in [1.54, 1.807) is 12.1 Å². The highest BCUT2D eigenvalue weighted by atomic mass is 32.2. The second-order valence-corrected chi connectivity index (χ2v) is 12.7. The number of carbonyl (C=O) groups is 2. The zero-order chi connectivity index (χ0) is 25.8. The third-order valence-electron chi connectivity index (χ3n) is 8.18. The van der Waals surface area contributed by atoms with Crippen LogP contribution in [0.4, 0.5) is 5.69 Å². The van der Waals surface area contributed by atoms with Crippen LogP contribution in [0.5, 0.6) is 0 Å². The molecule has 0 aromatic heterocycles. The molecule has 9 heteroatoms. The number of hydrogen-bond donors (Lipinski definition) is 2. The molecular formula is C27H42N4O4S. The monoisotopic (exact) mass is 518 g/mol. The lowest BCUT2D eigenvalue weighted by Crippen LogP contribution is -2.73. The molecule has 1 aromatic carbocycles. The summed E-state index contributed by atoms with van der Waals surface area (Å²) in [5.74, 6) is 0.696. The first-order chi connectivity index (χ1) is 17.2. The molecule has 8 nitrogen and oxygen atoms in total. The minimum atomic E-state index is -3.30. The number of nitrogens with one attached hydrogen (secondary N) is 2. The van der Waals surface area contributed by atoms with Gasteiger partial charge in [0.05, 0.1) is 6.26 Å². The number of piperidine rings is 1. The molecule has 2 amide bonds. The fraction of sp³-hybridized carbons (Fsp3) is 0.704. The van der Waals surface area contributed by atoms with Crippen LogP contribution in [-0.2, 0) is 26.2 Å². The molecule has 1 saturated carbocycles. The summed E-state index contributed by atoms with van der Waals surface area (Å²) in [6.07, 6.45) is 11.2. The second kappa shape index (κ2) is 11.5. The molecule has 1 aromatic rings. The van der Waals surface area contributed by atoms with Gasteiger partial charge in [-0.2, -0.15) is 0 Å². The highest BCUT2D eigenvalue weighted by Crippen LogP contribution is 2.36. The van der Waals surface area contributed by atoms with Crippen LogP contribution in [0.2, 0.25) is 0 Å². The average molecular weight is 519 g/mol. The number of benzene rings is 1. The number of sulfonamides is 1. The third kappa shape index (κ3) is 6.40. The standard InChI is InChI=1S/C27H42N4O4S/c1-3-4-16-31-25(32)24(19-21-8-6-5-7-9-21)28-26(33)27(31)14-17-30(18-15-27)20-22-10-12-23(13-11-22)29-36(2,34)35/h10-13,21,24,29H,3-9,14-20H2,1-2H3,(H,28,33)/t24-/m0/s1. The highest BCUT2D eigenvalue weighted by Gasteiger charge is 2.53. The SMILES string of the molecule is CCCCN1C(=O)[C@H](CC2CCCCC2)NC(=O)C12CCN(Cc1ccc(NS(C)(=O)=O)cc1)CC2. The molecular weight excluding hydrogens is 476 g/mol. The van der Waals surface area contributed by atoms with E-state index in [9.17, 15) is 18.0 Å². The van der Waals surface area contributed by atoms with E-state index in [1.165, 1.54) is 32.1 Å². The van der Waals surface area contributed by atoms with E-state index in [0.717, 1.165) is 50.7 Å². The molecule has 4 rings (SSSR count). The van der Waals surface area contributed by atoms with Gasteiger partial charge in [0.15, 0.2) is 0 Å². The minimum Gasteiger partial charge on any atom is -0.342 e. The van der Waals surface area contributed by atoms with Crippen molar-refractivity contribution in [3.63, 3.8) is 0 Å². The van der Waals surface area contributed by atoms with E-state index in [2.05, 4.69) is 21.9 Å². The zero-order valence-electron chi connectivity index (χ0n) is 21.8. The van der Waals surface area contributed by atoms with Crippen LogP contribution >= 0.6 is 0 Å². The van der Waals surface area contributed by atoms with Crippen LogP contribution in [0.1, 0.15) is 76.7 Å². The summed E-state index contributed by atoms with van der Waals surface area (Å²) in [4.78, 5) is 31.5. The van der Waals surface area contributed by atoms with Crippen LogP contribution in [0, 0.1) is 5.92 Å². The Kier molecular flexibility index (Phi) is 8.60. The normalized spacial score (nSPS) is 23.6. The molecule has 3 aliphatic rings. The lowest BCUT2D eigenvalue weighted by molar-refractivity contribution is -0.162. The molecule has 0 unspecified atom stereocenters. The average Bonchev–Trinajstić information content (AvgIpc) is 2.85. The zero-order valence-corrected chi connectivity index (χ0v) is 22.6. The molecule has 0 radical (unpaired) electrons. The molecule has 1 spiro atoms. The van der Waals surface area contributed by atoms with E-state index in [4.69, 9.17) is 0 Å². The van der Waals surface area contributed by atoms with Gasteiger partial charge in [-0.3, -0.25) is 19.2 Å². The first kappa shape index (κ1) is 26.9. The van der Waals surface area contributed by atoms with Gasteiger partial charge in [0.25, 0.3) is 0 Å². The number of rotatable bonds is 9. The number of nitrogens with zero attached hydrogens (tertiary/aromatic N) is 2. The summed E-state index contributed by atoms with van der Waals surface area (Å²) in [6.45, 7) is 4.97. The topological polar surface area (TPSA) is 98.8 Å². The van der Waals surface area contributed by atoms with Gasteiger partial charge in [0.2, 0.25) is 21.8 Å². The molecule has 2 N–H and O–H groups in total. The third-order valence-corrected chi connectivity index (χ3v) is 8.79. The minimum absolute atomic E-state index is 0.0369. The Labute approximate surface area is 216 Å². The molecule has 3 fully saturated rings. The number of unbranched alkanes of at least 4 members (excludes halogenated alkanes) is 1. The fourth-order valence-corrected chi connectivity index (χ4v) is 6.73. The van der Waals surface area contributed by atoms with Crippen LogP contribution in [0.25, 0.3) is 0 Å². The van der Waals surface area contributed by atoms with Gasteiger partial charge in [0.1, 0.15) is 11.6 Å². The summed E-state index contributed by atoms with van der Waals surface area (Å²) in [5.41, 5.74) is 0.893. The van der Waals surface area contributed by atoms with Crippen molar-refractivity contribution in [3.05, 3.63) is 29.8 Å². The van der Waals surface area contributed by atoms with Crippen molar-refractivity contribution in [1.29, 1.82) is 0 Å². The number of amides is 2. The molecule has 1 aliphatic carbocycles. The Morgan fingerprint density at radius 3 is 2.33 bits per heavy atom. The maximum atomic E-state index is 13.7. The van der Waals surface area contributed by atoms with Gasteiger partial charge in [0, 0.05) is 31.9 Å². The van der Waals surface area contributed by atoms with Crippen LogP contribution in [-0.4, -0.2) is 67.5 Å². The summed E-state index contributed by atoms with van der Waals surface area (Å²) in [7, 11) is -3.30. The van der Waals surface area contributed by atoms with Gasteiger partial charge < -0.3 is 10.2 Å². The van der Waals surface area contributed by atoms with E-state index in [1.807, 2.05) is 17.0 Å². The molecule has 2 saturated heterocycles. The van der Waals surface area contributed by atoms with Crippen molar-refractivity contribution in [1.82, 2.24) is 15.1 Å². The molecule has 36 heavy (non-hydrogen) atoms. The first-order valence-electron chi connectivity index (χ1n) is 13.6. The smallest absolute Gasteiger partial charge is 0.246 e. The molecule has 2 aliphatic heterocycles. The largest absolute Gasteiger partial charge is 0.342 e. The first-order valence-corrected chi connectivity index (χ1v) is 15.5. The van der Waals surface area contributed by atoms with Gasteiger partial charge >= 0.3 is 0 Å². The number of hydrogen-bond acceptors (Lipinski definition) is 5. The maximum Gasteiger partial charge on any atom is 0.246 e. The van der Waals surface area contributed by atoms with Crippen molar-refractivity contribution in [3.8, 4) is 0 Å². The van der Waals surface area contributed by atoms with E-state index < -0.39 is 15.6 Å². The van der Waals surface area contributed by atoms with Gasteiger partial charge in [-0.15, -0.1) is 0 Å². The highest BCUT2D eigenvalue weighted by molar-refractivity contribution is 7.92. The number of piperazine rings is 1. The Morgan fingerprint density at radius 1 is 1.06 bits per heavy atom. The Balaban J connectivity index is 1.40. The molecule has 200 valence electrons. The lowest BCUT2D eigenvalue weighted by Gasteiger charge is -2.52. The van der Waals surface area contributed by atoms with Gasteiger partial charge in [-0.1, -0.05) is 57.6 Å². The summed E-state index contributed by atoms with van der Waals surface area (Å²) < 4.78 is 25.4. The number of likely N-dealkylation sites (tertiary alicyclic amines) is 1. The van der Waals surface area contributed by atoms with Crippen molar-refractivity contribution in [2.45, 2.75) is 89.3 Å². The van der Waals surface area contributed by atoms with E-state index >= 15 is 0 Å². The maximum absolute atomic E-state index is 13.7. The van der Waals surface area contributed by atoms with E-state index in [0.29, 0.717) is 31.0 Å². The molecule has 2 heterocycles. The molecule has 1 atom stereocenters. The van der Waals surface area contributed by atoms with Crippen molar-refractivity contribution in [2.24, 2.45) is 5.92 Å². The quantitative estimate of drug-likeness (QED) is 0.521. The predicted molar refractivity (Wildman–Crippen MR) is 142 cm³/mol.